The highest BCUT2D eigenvalue weighted by Gasteiger charge is 2.37. The Labute approximate surface area is 155 Å². The van der Waals surface area contributed by atoms with Gasteiger partial charge in [0.2, 0.25) is 5.91 Å². The van der Waals surface area contributed by atoms with Crippen LogP contribution in [0, 0.1) is 23.7 Å². The van der Waals surface area contributed by atoms with Crippen molar-refractivity contribution < 1.29 is 4.79 Å². The van der Waals surface area contributed by atoms with Crippen molar-refractivity contribution in [3.8, 4) is 0 Å². The summed E-state index contributed by atoms with van der Waals surface area (Å²) >= 11 is 0. The molecular formula is C21H31N3O2. The number of benzene rings is 1. The van der Waals surface area contributed by atoms with E-state index in [2.05, 4.69) is 20.8 Å². The molecule has 1 unspecified atom stereocenters. The van der Waals surface area contributed by atoms with Gasteiger partial charge in [-0.05, 0) is 49.7 Å². The Balaban J connectivity index is 2.10. The molecule has 1 aliphatic carbocycles. The van der Waals surface area contributed by atoms with E-state index >= 15 is 0 Å². The number of nitrogens with zero attached hydrogens (tertiary/aromatic N) is 2. The zero-order valence-electron chi connectivity index (χ0n) is 16.3. The summed E-state index contributed by atoms with van der Waals surface area (Å²) in [6, 6.07) is 7.38. The third-order valence-corrected chi connectivity index (χ3v) is 5.87. The Hall–Kier alpha value is -1.88. The van der Waals surface area contributed by atoms with Crippen LogP contribution in [0.25, 0.3) is 11.0 Å². The minimum Gasteiger partial charge on any atom is -0.326 e. The number of hydrogen-bond acceptors (Lipinski definition) is 3. The molecule has 1 aromatic heterocycles. The smallest absolute Gasteiger partial charge is 0.326 e. The molecule has 0 spiro atoms. The Kier molecular flexibility index (Phi) is 5.37. The van der Waals surface area contributed by atoms with Gasteiger partial charge in [-0.1, -0.05) is 39.3 Å². The lowest BCUT2D eigenvalue weighted by atomic mass is 9.69. The second kappa shape index (κ2) is 7.39. The Morgan fingerprint density at radius 2 is 1.85 bits per heavy atom. The van der Waals surface area contributed by atoms with Crippen LogP contribution in [0.1, 0.15) is 51.8 Å². The van der Waals surface area contributed by atoms with Gasteiger partial charge in [0.1, 0.15) is 0 Å². The van der Waals surface area contributed by atoms with Crippen molar-refractivity contribution in [2.75, 3.05) is 0 Å². The van der Waals surface area contributed by atoms with Crippen molar-refractivity contribution in [3.63, 3.8) is 0 Å². The lowest BCUT2D eigenvalue weighted by Crippen LogP contribution is -2.41. The number of fused-ring (bicyclic) bond motifs is 1. The molecule has 0 radical (unpaired) electrons. The second-order valence-electron chi connectivity index (χ2n) is 8.47. The van der Waals surface area contributed by atoms with Gasteiger partial charge in [0.05, 0.1) is 11.0 Å². The first kappa shape index (κ1) is 18.9. The molecule has 142 valence electrons. The number of hydrogen-bond donors (Lipinski definition) is 1. The van der Waals surface area contributed by atoms with E-state index in [9.17, 15) is 9.59 Å². The molecule has 0 amide bonds. The summed E-state index contributed by atoms with van der Waals surface area (Å²) in [5, 5.41) is 0. The van der Waals surface area contributed by atoms with E-state index in [0.717, 1.165) is 24.8 Å². The van der Waals surface area contributed by atoms with E-state index in [1.165, 1.54) is 4.57 Å². The van der Waals surface area contributed by atoms with Crippen molar-refractivity contribution in [2.24, 2.45) is 29.4 Å². The molecule has 1 heterocycles. The third-order valence-electron chi connectivity index (χ3n) is 5.87. The fourth-order valence-electron chi connectivity index (χ4n) is 4.54. The summed E-state index contributed by atoms with van der Waals surface area (Å²) in [6.45, 7) is 8.86. The average Bonchev–Trinajstić information content (AvgIpc) is 2.85. The van der Waals surface area contributed by atoms with Gasteiger partial charge >= 0.3 is 5.69 Å². The molecule has 26 heavy (non-hydrogen) atoms. The number of aromatic nitrogens is 2. The maximum absolute atomic E-state index is 13.5. The van der Waals surface area contributed by atoms with Gasteiger partial charge in [-0.25, -0.2) is 9.36 Å². The first-order chi connectivity index (χ1) is 12.3. The Morgan fingerprint density at radius 1 is 1.19 bits per heavy atom. The fourth-order valence-corrected chi connectivity index (χ4v) is 4.54. The van der Waals surface area contributed by atoms with Gasteiger partial charge in [-0.2, -0.15) is 0 Å². The van der Waals surface area contributed by atoms with Gasteiger partial charge in [-0.3, -0.25) is 9.36 Å². The SMILES string of the molecule is CC(N)Cn1c(=O)n(C(=O)[C@@H]2C[C@H](C)CC[C@H]2C(C)C)c2ccccc21. The third kappa shape index (κ3) is 3.37. The van der Waals surface area contributed by atoms with Crippen LogP contribution in [0.4, 0.5) is 0 Å². The lowest BCUT2D eigenvalue weighted by molar-refractivity contribution is 0.0633. The minimum atomic E-state index is -0.255. The maximum Gasteiger partial charge on any atom is 0.336 e. The number of carbonyl (C=O) groups excluding carboxylic acids is 1. The topological polar surface area (TPSA) is 70.0 Å². The number of imidazole rings is 1. The number of rotatable bonds is 4. The molecule has 2 N–H and O–H groups in total. The molecule has 4 atom stereocenters. The van der Waals surface area contributed by atoms with E-state index < -0.39 is 0 Å². The molecular weight excluding hydrogens is 326 g/mol. The van der Waals surface area contributed by atoms with Crippen molar-refractivity contribution >= 4 is 16.9 Å². The summed E-state index contributed by atoms with van der Waals surface area (Å²) < 4.78 is 3.06. The van der Waals surface area contributed by atoms with Crippen LogP contribution in [0.3, 0.4) is 0 Å². The number of nitrogens with two attached hydrogens (primary N) is 1. The number of para-hydroxylation sites is 2. The Bertz CT molecular complexity index is 847. The lowest BCUT2D eigenvalue weighted by Gasteiger charge is -2.36. The highest BCUT2D eigenvalue weighted by atomic mass is 16.2. The molecule has 5 nitrogen and oxygen atoms in total. The summed E-state index contributed by atoms with van der Waals surface area (Å²) in [6.07, 6.45) is 3.08. The van der Waals surface area contributed by atoms with Crippen LogP contribution in [-0.2, 0) is 6.54 Å². The highest BCUT2D eigenvalue weighted by molar-refractivity contribution is 5.92. The van der Waals surface area contributed by atoms with Crippen molar-refractivity contribution in [2.45, 2.75) is 59.5 Å². The molecule has 1 aliphatic rings. The molecule has 1 saturated carbocycles. The van der Waals surface area contributed by atoms with E-state index in [-0.39, 0.29) is 23.6 Å². The quantitative estimate of drug-likeness (QED) is 0.910. The molecule has 0 bridgehead atoms. The monoisotopic (exact) mass is 357 g/mol. The zero-order valence-corrected chi connectivity index (χ0v) is 16.3. The predicted molar refractivity (Wildman–Crippen MR) is 105 cm³/mol. The second-order valence-corrected chi connectivity index (χ2v) is 8.47. The van der Waals surface area contributed by atoms with E-state index in [1.807, 2.05) is 31.2 Å². The normalized spacial score (nSPS) is 24.9. The zero-order chi connectivity index (χ0) is 19.0. The summed E-state index contributed by atoms with van der Waals surface area (Å²) in [5.41, 5.74) is 7.17. The summed E-state index contributed by atoms with van der Waals surface area (Å²) in [5.74, 6) is 1.16. The molecule has 5 heteroatoms. The van der Waals surface area contributed by atoms with Crippen LogP contribution in [0.2, 0.25) is 0 Å². The fraction of sp³-hybridized carbons (Fsp3) is 0.619. The van der Waals surface area contributed by atoms with Gasteiger partial charge < -0.3 is 5.73 Å². The van der Waals surface area contributed by atoms with Crippen molar-refractivity contribution in [1.29, 1.82) is 0 Å². The summed E-state index contributed by atoms with van der Waals surface area (Å²) in [7, 11) is 0. The molecule has 1 aromatic carbocycles. The predicted octanol–water partition coefficient (Wildman–Crippen LogP) is 3.50. The average molecular weight is 357 g/mol. The van der Waals surface area contributed by atoms with E-state index in [1.54, 1.807) is 4.57 Å². The van der Waals surface area contributed by atoms with Crippen LogP contribution in [-0.4, -0.2) is 21.1 Å². The van der Waals surface area contributed by atoms with Crippen LogP contribution >= 0.6 is 0 Å². The first-order valence-electron chi connectivity index (χ1n) is 9.81. The Morgan fingerprint density at radius 3 is 2.46 bits per heavy atom. The van der Waals surface area contributed by atoms with Gasteiger partial charge in [0.25, 0.3) is 0 Å². The molecule has 2 aromatic rings. The van der Waals surface area contributed by atoms with Gasteiger partial charge in [0.15, 0.2) is 0 Å². The largest absolute Gasteiger partial charge is 0.336 e. The molecule has 3 rings (SSSR count). The van der Waals surface area contributed by atoms with Crippen LogP contribution in [0.5, 0.6) is 0 Å². The highest BCUT2D eigenvalue weighted by Crippen LogP contribution is 2.39. The molecule has 0 aliphatic heterocycles. The van der Waals surface area contributed by atoms with Crippen molar-refractivity contribution in [3.05, 3.63) is 34.7 Å². The molecule has 0 saturated heterocycles. The van der Waals surface area contributed by atoms with Gasteiger partial charge in [-0.15, -0.1) is 0 Å². The van der Waals surface area contributed by atoms with E-state index in [4.69, 9.17) is 5.73 Å². The van der Waals surface area contributed by atoms with Gasteiger partial charge in [0, 0.05) is 18.5 Å². The van der Waals surface area contributed by atoms with Crippen molar-refractivity contribution in [1.82, 2.24) is 9.13 Å². The molecule has 1 fully saturated rings. The maximum atomic E-state index is 13.5. The number of carbonyl (C=O) groups is 1. The van der Waals surface area contributed by atoms with Crippen LogP contribution in [0.15, 0.2) is 29.1 Å². The van der Waals surface area contributed by atoms with Crippen LogP contribution < -0.4 is 11.4 Å². The van der Waals surface area contributed by atoms with E-state index in [0.29, 0.717) is 29.8 Å². The summed E-state index contributed by atoms with van der Waals surface area (Å²) in [4.78, 5) is 26.6. The standard InChI is InChI=1S/C21H31N3O2/c1-13(2)16-10-9-14(3)11-17(16)20(25)24-19-8-6-5-7-18(19)23(21(24)26)12-15(4)22/h5-8,13-17H,9-12,22H2,1-4H3/t14-,15?,16+,17-/m1/s1. The first-order valence-corrected chi connectivity index (χ1v) is 9.81. The minimum absolute atomic E-state index is 0.0418.